The molecule has 0 radical (unpaired) electrons. The van der Waals surface area contributed by atoms with E-state index in [-0.39, 0.29) is 0 Å². The fourth-order valence-electron chi connectivity index (χ4n) is 0.909. The highest BCUT2D eigenvalue weighted by Gasteiger charge is 2.30. The largest absolute Gasteiger partial charge is 0.376 e. The van der Waals surface area contributed by atoms with Gasteiger partial charge in [-0.2, -0.15) is 0 Å². The van der Waals surface area contributed by atoms with Crippen LogP contribution in [0.5, 0.6) is 0 Å². The molecular weight excluding hydrogens is 188 g/mol. The van der Waals surface area contributed by atoms with Gasteiger partial charge in [0.05, 0.1) is 0 Å². The highest BCUT2D eigenvalue weighted by molar-refractivity contribution is 6.27. The Morgan fingerprint density at radius 1 is 1.15 bits per heavy atom. The van der Waals surface area contributed by atoms with Crippen molar-refractivity contribution < 1.29 is 18.6 Å². The first-order valence-corrected chi connectivity index (χ1v) is 6.05. The molecule has 5 heteroatoms. The van der Waals surface area contributed by atoms with Crippen LogP contribution in [0.15, 0.2) is 0 Å². The Balaban J connectivity index is 3.89. The topological polar surface area (TPSA) is 36.9 Å². The monoisotopic (exact) mass is 208 g/mol. The van der Waals surface area contributed by atoms with Crippen molar-refractivity contribution in [2.75, 3.05) is 27.9 Å². The van der Waals surface area contributed by atoms with E-state index in [0.29, 0.717) is 6.61 Å². The van der Waals surface area contributed by atoms with Crippen LogP contribution < -0.4 is 0 Å². The molecule has 13 heavy (non-hydrogen) atoms. The third-order valence-corrected chi connectivity index (χ3v) is 3.40. The number of ether oxygens (including phenoxy) is 3. The maximum atomic E-state index is 5.58. The lowest BCUT2D eigenvalue weighted by atomic mass is 10.6. The lowest BCUT2D eigenvalue weighted by Crippen LogP contribution is -2.42. The molecule has 0 aromatic heterocycles. The Morgan fingerprint density at radius 3 is 2.15 bits per heavy atom. The molecule has 0 aliphatic rings. The van der Waals surface area contributed by atoms with Crippen molar-refractivity contribution in [3.05, 3.63) is 0 Å². The minimum Gasteiger partial charge on any atom is -0.376 e. The maximum absolute atomic E-state index is 5.58. The summed E-state index contributed by atoms with van der Waals surface area (Å²) in [6.45, 7) is 2.44. The number of rotatable bonds is 8. The molecule has 0 bridgehead atoms. The second kappa shape index (κ2) is 7.46. The van der Waals surface area contributed by atoms with E-state index < -0.39 is 15.7 Å². The van der Waals surface area contributed by atoms with Crippen molar-refractivity contribution in [3.63, 3.8) is 0 Å². The SMILES string of the molecule is CCC[SiH2]OC(COC)(OC)OC. The van der Waals surface area contributed by atoms with Gasteiger partial charge < -0.3 is 18.6 Å². The van der Waals surface area contributed by atoms with Crippen LogP contribution >= 0.6 is 0 Å². The molecule has 0 heterocycles. The minimum atomic E-state index is -0.976. The van der Waals surface area contributed by atoms with E-state index >= 15 is 0 Å². The lowest BCUT2D eigenvalue weighted by molar-refractivity contribution is -0.339. The van der Waals surface area contributed by atoms with Crippen LogP contribution in [0.1, 0.15) is 13.3 Å². The van der Waals surface area contributed by atoms with Gasteiger partial charge in [0, 0.05) is 21.3 Å². The van der Waals surface area contributed by atoms with E-state index in [1.54, 1.807) is 21.3 Å². The van der Waals surface area contributed by atoms with Gasteiger partial charge in [-0.05, 0) is 6.04 Å². The Hall–Kier alpha value is 0.0569. The normalized spacial score (nSPS) is 12.9. The molecule has 0 rings (SSSR count). The average molecular weight is 208 g/mol. The Kier molecular flexibility index (Phi) is 7.49. The molecule has 0 N–H and O–H groups in total. The minimum absolute atomic E-state index is 0.302. The summed E-state index contributed by atoms with van der Waals surface area (Å²) in [7, 11) is 4.15. The standard InChI is InChI=1S/C8H20O4Si/c1-5-6-13-12-8(10-3,11-4)7-9-2/h5-7,13H2,1-4H3. The van der Waals surface area contributed by atoms with Crippen molar-refractivity contribution in [2.45, 2.75) is 25.4 Å². The van der Waals surface area contributed by atoms with Crippen LogP contribution in [0, 0.1) is 0 Å². The highest BCUT2D eigenvalue weighted by atomic mass is 28.2. The zero-order valence-electron chi connectivity index (χ0n) is 8.96. The van der Waals surface area contributed by atoms with Gasteiger partial charge in [0.25, 0.3) is 5.97 Å². The van der Waals surface area contributed by atoms with E-state index in [1.807, 2.05) is 0 Å². The maximum Gasteiger partial charge on any atom is 0.297 e. The summed E-state index contributed by atoms with van der Waals surface area (Å²) in [6, 6.07) is 1.12. The summed E-state index contributed by atoms with van der Waals surface area (Å²) in [5.74, 6) is -0.976. The molecule has 80 valence electrons. The van der Waals surface area contributed by atoms with Gasteiger partial charge in [0.2, 0.25) is 0 Å². The summed E-state index contributed by atoms with van der Waals surface area (Å²) in [5, 5.41) is 0. The smallest absolute Gasteiger partial charge is 0.297 e. The van der Waals surface area contributed by atoms with Gasteiger partial charge >= 0.3 is 0 Å². The highest BCUT2D eigenvalue weighted by Crippen LogP contribution is 2.13. The fourth-order valence-corrected chi connectivity index (χ4v) is 1.97. The predicted molar refractivity (Wildman–Crippen MR) is 53.4 cm³/mol. The van der Waals surface area contributed by atoms with Crippen molar-refractivity contribution >= 4 is 9.76 Å². The van der Waals surface area contributed by atoms with Gasteiger partial charge in [0.15, 0.2) is 9.76 Å². The molecule has 0 spiro atoms. The molecule has 0 aliphatic carbocycles. The van der Waals surface area contributed by atoms with Crippen molar-refractivity contribution in [3.8, 4) is 0 Å². The molecule has 0 aromatic carbocycles. The van der Waals surface area contributed by atoms with E-state index in [1.165, 1.54) is 0 Å². The quantitative estimate of drug-likeness (QED) is 0.331. The first-order valence-electron chi connectivity index (χ1n) is 4.48. The van der Waals surface area contributed by atoms with E-state index in [2.05, 4.69) is 6.92 Å². The van der Waals surface area contributed by atoms with Crippen molar-refractivity contribution in [1.29, 1.82) is 0 Å². The summed E-state index contributed by atoms with van der Waals surface area (Å²) in [5.41, 5.74) is 0. The fraction of sp³-hybridized carbons (Fsp3) is 1.00. The first-order chi connectivity index (χ1) is 6.24. The van der Waals surface area contributed by atoms with Crippen LogP contribution in [-0.2, 0) is 18.6 Å². The Labute approximate surface area is 82.4 Å². The number of hydrogen-bond acceptors (Lipinski definition) is 4. The molecule has 0 saturated carbocycles. The number of methoxy groups -OCH3 is 3. The zero-order chi connectivity index (χ0) is 10.2. The summed E-state index contributed by atoms with van der Waals surface area (Å²) in [6.07, 6.45) is 1.14. The van der Waals surface area contributed by atoms with E-state index in [4.69, 9.17) is 18.6 Å². The summed E-state index contributed by atoms with van der Waals surface area (Å²) in [4.78, 5) is 0. The molecule has 0 aliphatic heterocycles. The van der Waals surface area contributed by atoms with Gasteiger partial charge in [-0.15, -0.1) is 0 Å². The predicted octanol–water partition coefficient (Wildman–Crippen LogP) is 0.508. The third-order valence-electron chi connectivity index (χ3n) is 1.76. The molecule has 0 fully saturated rings. The van der Waals surface area contributed by atoms with Gasteiger partial charge in [-0.1, -0.05) is 13.3 Å². The van der Waals surface area contributed by atoms with E-state index in [0.717, 1.165) is 12.5 Å². The second-order valence-electron chi connectivity index (χ2n) is 2.73. The van der Waals surface area contributed by atoms with Crippen LogP contribution in [-0.4, -0.2) is 43.7 Å². The van der Waals surface area contributed by atoms with Gasteiger partial charge in [-0.25, -0.2) is 0 Å². The molecule has 0 saturated heterocycles. The first kappa shape index (κ1) is 13.1. The second-order valence-corrected chi connectivity index (χ2v) is 4.13. The van der Waals surface area contributed by atoms with Crippen LogP contribution in [0.4, 0.5) is 0 Å². The van der Waals surface area contributed by atoms with Crippen LogP contribution in [0.3, 0.4) is 0 Å². The number of hydrogen-bond donors (Lipinski definition) is 0. The molecule has 0 atom stereocenters. The molecule has 0 amide bonds. The van der Waals surface area contributed by atoms with Crippen LogP contribution in [0.2, 0.25) is 6.04 Å². The zero-order valence-corrected chi connectivity index (χ0v) is 10.4. The van der Waals surface area contributed by atoms with Crippen molar-refractivity contribution in [2.24, 2.45) is 0 Å². The third kappa shape index (κ3) is 4.73. The van der Waals surface area contributed by atoms with E-state index in [9.17, 15) is 0 Å². The molecule has 0 aromatic rings. The molecular formula is C8H20O4Si. The van der Waals surface area contributed by atoms with Gasteiger partial charge in [0.1, 0.15) is 6.61 Å². The Bertz CT molecular complexity index is 117. The molecule has 4 nitrogen and oxygen atoms in total. The summed E-state index contributed by atoms with van der Waals surface area (Å²) < 4.78 is 20.8. The Morgan fingerprint density at radius 2 is 1.77 bits per heavy atom. The van der Waals surface area contributed by atoms with Gasteiger partial charge in [-0.3, -0.25) is 0 Å². The van der Waals surface area contributed by atoms with Crippen LogP contribution in [0.25, 0.3) is 0 Å². The lowest BCUT2D eigenvalue weighted by Gasteiger charge is -2.29. The summed E-state index contributed by atoms with van der Waals surface area (Å²) >= 11 is 0. The average Bonchev–Trinajstić information content (AvgIpc) is 2.17. The van der Waals surface area contributed by atoms with Crippen molar-refractivity contribution in [1.82, 2.24) is 0 Å². The molecule has 0 unspecified atom stereocenters.